The number of thiazole rings is 1. The molecule has 0 unspecified atom stereocenters. The highest BCUT2D eigenvalue weighted by Gasteiger charge is 2.07. The monoisotopic (exact) mass is 513 g/mol. The number of aromatic nitrogens is 4. The molecule has 0 radical (unpaired) electrons. The fourth-order valence-corrected chi connectivity index (χ4v) is 3.10. The van der Waals surface area contributed by atoms with Gasteiger partial charge in [-0.3, -0.25) is 5.10 Å². The van der Waals surface area contributed by atoms with Gasteiger partial charge >= 0.3 is 0 Å². The van der Waals surface area contributed by atoms with Gasteiger partial charge in [-0.1, -0.05) is 0 Å². The molecule has 2 aromatic heterocycles. The molecule has 3 aromatic rings. The smallest absolute Gasteiger partial charge is 0.192 e. The molecule has 0 saturated carbocycles. The Bertz CT molecular complexity index is 891. The van der Waals surface area contributed by atoms with E-state index < -0.39 is 0 Å². The molecule has 0 bridgehead atoms. The average Bonchev–Trinajstić information content (AvgIpc) is 3.33. The molecule has 3 N–H and O–H groups in total. The zero-order valence-electron chi connectivity index (χ0n) is 16.0. The van der Waals surface area contributed by atoms with Crippen molar-refractivity contribution in [1.82, 2.24) is 30.8 Å². The fraction of sp³-hybridized carbons (Fsp3) is 0.333. The number of ether oxygens (including phenoxy) is 1. The third kappa shape index (κ3) is 6.16. The number of nitrogens with one attached hydrogen (secondary N) is 3. The lowest BCUT2D eigenvalue weighted by molar-refractivity contribution is 0.415. The van der Waals surface area contributed by atoms with Gasteiger partial charge in [0.1, 0.15) is 23.1 Å². The van der Waals surface area contributed by atoms with E-state index in [4.69, 9.17) is 4.74 Å². The number of aromatic amines is 1. The Morgan fingerprint density at radius 2 is 2.04 bits per heavy atom. The molecule has 0 fully saturated rings. The molecular weight excluding hydrogens is 489 g/mol. The first-order chi connectivity index (χ1) is 13.2. The van der Waals surface area contributed by atoms with Gasteiger partial charge in [0.25, 0.3) is 0 Å². The van der Waals surface area contributed by atoms with Crippen molar-refractivity contribution in [2.75, 3.05) is 13.7 Å². The van der Waals surface area contributed by atoms with Gasteiger partial charge in [-0.05, 0) is 38.1 Å². The second-order valence-corrected chi connectivity index (χ2v) is 7.07. The molecule has 10 heteroatoms. The van der Waals surface area contributed by atoms with Gasteiger partial charge in [0, 0.05) is 23.2 Å². The molecule has 0 atom stereocenters. The minimum absolute atomic E-state index is 0. The third-order valence-electron chi connectivity index (χ3n) is 3.69. The number of aliphatic imine (C=N–C) groups is 1. The van der Waals surface area contributed by atoms with Gasteiger partial charge in [0.15, 0.2) is 11.8 Å². The molecule has 1 aromatic carbocycles. The van der Waals surface area contributed by atoms with E-state index in [1.807, 2.05) is 44.3 Å². The number of aryl methyl sites for hydroxylation is 1. The first-order valence-electron chi connectivity index (χ1n) is 8.67. The summed E-state index contributed by atoms with van der Waals surface area (Å²) in [6.45, 7) is 5.88. The van der Waals surface area contributed by atoms with E-state index in [-0.39, 0.29) is 24.0 Å². The van der Waals surface area contributed by atoms with E-state index in [1.54, 1.807) is 18.4 Å². The summed E-state index contributed by atoms with van der Waals surface area (Å²) in [6.07, 6.45) is 1.88. The number of halogens is 1. The molecular formula is C18H24IN7OS. The van der Waals surface area contributed by atoms with Crippen LogP contribution in [-0.2, 0) is 13.1 Å². The molecule has 28 heavy (non-hydrogen) atoms. The number of hydrogen-bond donors (Lipinski definition) is 3. The second-order valence-electron chi connectivity index (χ2n) is 5.75. The van der Waals surface area contributed by atoms with E-state index in [9.17, 15) is 0 Å². The van der Waals surface area contributed by atoms with Crippen LogP contribution < -0.4 is 15.4 Å². The standard InChI is InChI=1S/C18H23N7OS.HI/c1-4-19-18(22-11-16-20-9-12(2)27-16)21-10-15-23-17(25-24-15)13-5-7-14(26-3)8-6-13;/h5-9H,4,10-11H2,1-3H3,(H2,19,21,22)(H,23,24,25);1H. The van der Waals surface area contributed by atoms with E-state index >= 15 is 0 Å². The molecule has 0 aliphatic heterocycles. The third-order valence-corrected chi connectivity index (χ3v) is 4.60. The van der Waals surface area contributed by atoms with Gasteiger partial charge in [-0.15, -0.1) is 35.3 Å². The molecule has 2 heterocycles. The number of nitrogens with zero attached hydrogens (tertiary/aromatic N) is 4. The Kier molecular flexibility index (Phi) is 8.64. The molecule has 0 spiro atoms. The van der Waals surface area contributed by atoms with Crippen molar-refractivity contribution in [3.05, 3.63) is 46.2 Å². The highest BCUT2D eigenvalue weighted by Crippen LogP contribution is 2.19. The number of guanidine groups is 1. The number of methoxy groups -OCH3 is 1. The Morgan fingerprint density at radius 1 is 1.25 bits per heavy atom. The second kappa shape index (κ2) is 11.0. The first-order valence-corrected chi connectivity index (χ1v) is 9.48. The van der Waals surface area contributed by atoms with Gasteiger partial charge in [0.2, 0.25) is 0 Å². The largest absolute Gasteiger partial charge is 0.497 e. The fourth-order valence-electron chi connectivity index (χ4n) is 2.37. The minimum Gasteiger partial charge on any atom is -0.497 e. The Hall–Kier alpha value is -2.21. The lowest BCUT2D eigenvalue weighted by atomic mass is 10.2. The summed E-state index contributed by atoms with van der Waals surface area (Å²) >= 11 is 1.67. The van der Waals surface area contributed by atoms with Crippen molar-refractivity contribution >= 4 is 41.3 Å². The molecule has 150 valence electrons. The predicted octanol–water partition coefficient (Wildman–Crippen LogP) is 3.12. The minimum atomic E-state index is 0. The number of benzene rings is 1. The summed E-state index contributed by atoms with van der Waals surface area (Å²) < 4.78 is 5.17. The summed E-state index contributed by atoms with van der Waals surface area (Å²) in [6, 6.07) is 7.63. The quantitative estimate of drug-likeness (QED) is 0.255. The highest BCUT2D eigenvalue weighted by atomic mass is 127. The van der Waals surface area contributed by atoms with Crippen LogP contribution >= 0.6 is 35.3 Å². The summed E-state index contributed by atoms with van der Waals surface area (Å²) in [7, 11) is 1.64. The van der Waals surface area contributed by atoms with Crippen LogP contribution in [0.5, 0.6) is 5.75 Å². The Labute approximate surface area is 185 Å². The zero-order chi connectivity index (χ0) is 19.1. The van der Waals surface area contributed by atoms with E-state index in [0.717, 1.165) is 22.9 Å². The number of H-pyrrole nitrogens is 1. The predicted molar refractivity (Wildman–Crippen MR) is 122 cm³/mol. The van der Waals surface area contributed by atoms with Crippen LogP contribution in [0.4, 0.5) is 0 Å². The van der Waals surface area contributed by atoms with E-state index in [0.29, 0.717) is 30.7 Å². The lowest BCUT2D eigenvalue weighted by Crippen LogP contribution is -2.36. The lowest BCUT2D eigenvalue weighted by Gasteiger charge is -2.09. The molecule has 0 aliphatic carbocycles. The van der Waals surface area contributed by atoms with E-state index in [1.165, 1.54) is 4.88 Å². The van der Waals surface area contributed by atoms with Crippen LogP contribution in [-0.4, -0.2) is 39.8 Å². The maximum Gasteiger partial charge on any atom is 0.192 e. The molecule has 0 aliphatic rings. The van der Waals surface area contributed by atoms with Crippen molar-refractivity contribution in [2.24, 2.45) is 4.99 Å². The van der Waals surface area contributed by atoms with Crippen LogP contribution in [0.2, 0.25) is 0 Å². The van der Waals surface area contributed by atoms with Crippen molar-refractivity contribution in [3.63, 3.8) is 0 Å². The average molecular weight is 513 g/mol. The van der Waals surface area contributed by atoms with Crippen molar-refractivity contribution in [1.29, 1.82) is 0 Å². The van der Waals surface area contributed by atoms with Crippen molar-refractivity contribution in [2.45, 2.75) is 26.9 Å². The number of rotatable bonds is 7. The van der Waals surface area contributed by atoms with Gasteiger partial charge < -0.3 is 15.4 Å². The topological polar surface area (TPSA) is 100 Å². The summed E-state index contributed by atoms with van der Waals surface area (Å²) in [4.78, 5) is 14.6. The zero-order valence-corrected chi connectivity index (χ0v) is 19.2. The van der Waals surface area contributed by atoms with Gasteiger partial charge in [-0.2, -0.15) is 5.10 Å². The summed E-state index contributed by atoms with van der Waals surface area (Å²) in [5, 5.41) is 14.7. The first kappa shape index (κ1) is 22.1. The maximum atomic E-state index is 5.17. The van der Waals surface area contributed by atoms with Crippen LogP contribution in [0.1, 0.15) is 22.6 Å². The SMILES string of the molecule is CCNC(=NCc1nc(-c2ccc(OC)cc2)n[nH]1)NCc1ncc(C)s1.I. The molecule has 3 rings (SSSR count). The van der Waals surface area contributed by atoms with Gasteiger partial charge in [0.05, 0.1) is 13.7 Å². The van der Waals surface area contributed by atoms with Crippen molar-refractivity contribution in [3.8, 4) is 17.1 Å². The summed E-state index contributed by atoms with van der Waals surface area (Å²) in [5.41, 5.74) is 0.923. The normalized spacial score (nSPS) is 11.0. The molecule has 0 amide bonds. The number of hydrogen-bond acceptors (Lipinski definition) is 6. The van der Waals surface area contributed by atoms with Gasteiger partial charge in [-0.25, -0.2) is 15.0 Å². The van der Waals surface area contributed by atoms with Crippen LogP contribution in [0, 0.1) is 6.92 Å². The highest BCUT2D eigenvalue weighted by molar-refractivity contribution is 14.0. The maximum absolute atomic E-state index is 5.17. The molecule has 0 saturated heterocycles. The van der Waals surface area contributed by atoms with E-state index in [2.05, 4.69) is 35.8 Å². The Balaban J connectivity index is 0.00000280. The molecule has 8 nitrogen and oxygen atoms in total. The van der Waals surface area contributed by atoms with Crippen LogP contribution in [0.15, 0.2) is 35.5 Å². The summed E-state index contributed by atoms with van der Waals surface area (Å²) in [5.74, 6) is 2.85. The Morgan fingerprint density at radius 3 is 2.68 bits per heavy atom. The van der Waals surface area contributed by atoms with Crippen LogP contribution in [0.25, 0.3) is 11.4 Å². The van der Waals surface area contributed by atoms with Crippen LogP contribution in [0.3, 0.4) is 0 Å². The van der Waals surface area contributed by atoms with Crippen molar-refractivity contribution < 1.29 is 4.74 Å².